The van der Waals surface area contributed by atoms with E-state index >= 15 is 0 Å². The second-order valence-corrected chi connectivity index (χ2v) is 4.21. The van der Waals surface area contributed by atoms with E-state index < -0.39 is 10.8 Å². The summed E-state index contributed by atoms with van der Waals surface area (Å²) in [5.74, 6) is 0.560. The smallest absolute Gasteiger partial charge is 0.0570 e. The Balaban J connectivity index is 2.73. The lowest BCUT2D eigenvalue weighted by molar-refractivity contribution is 0.684. The predicted octanol–water partition coefficient (Wildman–Crippen LogP) is 2.37. The lowest BCUT2D eigenvalue weighted by Gasteiger charge is -1.99. The Bertz CT molecular complexity index is 290. The maximum atomic E-state index is 11.5. The molecule has 0 saturated heterocycles. The molecule has 0 amide bonds. The van der Waals surface area contributed by atoms with Crippen molar-refractivity contribution in [3.8, 4) is 0 Å². The van der Waals surface area contributed by atoms with Crippen molar-refractivity contribution in [3.63, 3.8) is 0 Å². The molecular weight excluding hydrogens is 168 g/mol. The zero-order valence-corrected chi connectivity index (χ0v) is 7.93. The molecule has 1 rings (SSSR count). The lowest BCUT2D eigenvalue weighted by atomic mass is 10.4. The predicted molar refractivity (Wildman–Crippen MR) is 52.5 cm³/mol. The minimum atomic E-state index is -0.913. The standard InChI is InChI=1S/C10H12OS/c1-9(2)8-12(11)10-6-4-3-5-7-10/h3-7H,1,8H2,2H3. The van der Waals surface area contributed by atoms with Gasteiger partial charge in [-0.2, -0.15) is 0 Å². The summed E-state index contributed by atoms with van der Waals surface area (Å²) in [6.45, 7) is 5.62. The fourth-order valence-corrected chi connectivity index (χ4v) is 1.95. The van der Waals surface area contributed by atoms with Crippen molar-refractivity contribution >= 4 is 10.8 Å². The van der Waals surface area contributed by atoms with E-state index in [0.717, 1.165) is 10.5 Å². The molecule has 0 N–H and O–H groups in total. The van der Waals surface area contributed by atoms with Crippen molar-refractivity contribution in [3.05, 3.63) is 42.5 Å². The van der Waals surface area contributed by atoms with E-state index in [9.17, 15) is 4.21 Å². The second-order valence-electron chi connectivity index (χ2n) is 2.76. The second kappa shape index (κ2) is 4.21. The van der Waals surface area contributed by atoms with Gasteiger partial charge >= 0.3 is 0 Å². The van der Waals surface area contributed by atoms with E-state index in [1.54, 1.807) is 0 Å². The molecule has 1 nitrogen and oxygen atoms in total. The minimum absolute atomic E-state index is 0.560. The van der Waals surface area contributed by atoms with E-state index in [0.29, 0.717) is 5.75 Å². The van der Waals surface area contributed by atoms with Crippen molar-refractivity contribution in [1.82, 2.24) is 0 Å². The quantitative estimate of drug-likeness (QED) is 0.653. The van der Waals surface area contributed by atoms with Crippen LogP contribution in [0.4, 0.5) is 0 Å². The normalized spacial score (nSPS) is 12.4. The van der Waals surface area contributed by atoms with Gasteiger partial charge in [-0.25, -0.2) is 0 Å². The molecule has 0 spiro atoms. The first-order chi connectivity index (χ1) is 5.70. The number of hydrogen-bond acceptors (Lipinski definition) is 1. The third-order valence-corrected chi connectivity index (χ3v) is 2.94. The summed E-state index contributed by atoms with van der Waals surface area (Å²) in [6.07, 6.45) is 0. The molecule has 12 heavy (non-hydrogen) atoms. The topological polar surface area (TPSA) is 17.1 Å². The molecule has 1 aromatic carbocycles. The van der Waals surface area contributed by atoms with Crippen LogP contribution in [-0.4, -0.2) is 9.96 Å². The Hall–Kier alpha value is -0.890. The zero-order valence-electron chi connectivity index (χ0n) is 7.12. The lowest BCUT2D eigenvalue weighted by Crippen LogP contribution is -1.97. The highest BCUT2D eigenvalue weighted by atomic mass is 32.2. The van der Waals surface area contributed by atoms with Gasteiger partial charge in [-0.05, 0) is 19.1 Å². The van der Waals surface area contributed by atoms with Gasteiger partial charge in [-0.1, -0.05) is 30.4 Å². The van der Waals surface area contributed by atoms with Gasteiger partial charge < -0.3 is 0 Å². The Morgan fingerprint density at radius 1 is 1.42 bits per heavy atom. The highest BCUT2D eigenvalue weighted by molar-refractivity contribution is 7.85. The molecule has 0 bridgehead atoms. The summed E-state index contributed by atoms with van der Waals surface area (Å²) in [5.41, 5.74) is 0.956. The highest BCUT2D eigenvalue weighted by Gasteiger charge is 2.01. The van der Waals surface area contributed by atoms with Crippen LogP contribution >= 0.6 is 0 Å². The summed E-state index contributed by atoms with van der Waals surface area (Å²) < 4.78 is 11.5. The molecule has 0 heterocycles. The summed E-state index contributed by atoms with van der Waals surface area (Å²) in [4.78, 5) is 0.875. The van der Waals surface area contributed by atoms with Crippen LogP contribution in [0.1, 0.15) is 6.92 Å². The van der Waals surface area contributed by atoms with E-state index in [-0.39, 0.29) is 0 Å². The molecule has 0 aliphatic carbocycles. The van der Waals surface area contributed by atoms with Crippen molar-refractivity contribution in [2.45, 2.75) is 11.8 Å². The van der Waals surface area contributed by atoms with Gasteiger partial charge in [0, 0.05) is 10.6 Å². The molecular formula is C10H12OS. The molecule has 0 aromatic heterocycles. The Kier molecular flexibility index (Phi) is 3.23. The third-order valence-electron chi connectivity index (χ3n) is 1.38. The molecule has 0 saturated carbocycles. The molecule has 1 unspecified atom stereocenters. The summed E-state index contributed by atoms with van der Waals surface area (Å²) in [5, 5.41) is 0. The van der Waals surface area contributed by atoms with E-state index in [2.05, 4.69) is 6.58 Å². The molecule has 1 atom stereocenters. The van der Waals surface area contributed by atoms with Gasteiger partial charge in [0.1, 0.15) is 0 Å². The first-order valence-corrected chi connectivity index (χ1v) is 5.10. The van der Waals surface area contributed by atoms with Gasteiger partial charge in [0.15, 0.2) is 0 Å². The molecule has 2 heteroatoms. The molecule has 0 radical (unpaired) electrons. The summed E-state index contributed by atoms with van der Waals surface area (Å²) in [7, 11) is -0.913. The van der Waals surface area contributed by atoms with Gasteiger partial charge in [0.05, 0.1) is 10.8 Å². The third kappa shape index (κ3) is 2.62. The fourth-order valence-electron chi connectivity index (χ4n) is 0.879. The van der Waals surface area contributed by atoms with Crippen LogP contribution in [0, 0.1) is 0 Å². The highest BCUT2D eigenvalue weighted by Crippen LogP contribution is 2.07. The van der Waals surface area contributed by atoms with Gasteiger partial charge in [-0.15, -0.1) is 0 Å². The van der Waals surface area contributed by atoms with Crippen LogP contribution in [-0.2, 0) is 10.8 Å². The Labute approximate surface area is 75.6 Å². The number of benzene rings is 1. The van der Waals surface area contributed by atoms with E-state index in [4.69, 9.17) is 0 Å². The molecule has 64 valence electrons. The number of hydrogen-bond donors (Lipinski definition) is 0. The molecule has 1 aromatic rings. The van der Waals surface area contributed by atoms with Crippen LogP contribution in [0.3, 0.4) is 0 Å². The molecule has 0 aliphatic heterocycles. The van der Waals surface area contributed by atoms with Crippen molar-refractivity contribution < 1.29 is 4.21 Å². The van der Waals surface area contributed by atoms with Crippen molar-refractivity contribution in [2.24, 2.45) is 0 Å². The van der Waals surface area contributed by atoms with Crippen LogP contribution in [0.2, 0.25) is 0 Å². The summed E-state index contributed by atoms with van der Waals surface area (Å²) >= 11 is 0. The maximum absolute atomic E-state index is 11.5. The average Bonchev–Trinajstić information content (AvgIpc) is 2.05. The monoisotopic (exact) mass is 180 g/mol. The Morgan fingerprint density at radius 3 is 2.50 bits per heavy atom. The molecule has 0 aliphatic rings. The van der Waals surface area contributed by atoms with Crippen LogP contribution < -0.4 is 0 Å². The summed E-state index contributed by atoms with van der Waals surface area (Å²) in [6, 6.07) is 9.46. The van der Waals surface area contributed by atoms with E-state index in [1.807, 2.05) is 37.3 Å². The zero-order chi connectivity index (χ0) is 8.97. The van der Waals surface area contributed by atoms with Gasteiger partial charge in [0.2, 0.25) is 0 Å². The van der Waals surface area contributed by atoms with Crippen molar-refractivity contribution in [2.75, 3.05) is 5.75 Å². The SMILES string of the molecule is C=C(C)CS(=O)c1ccccc1. The average molecular weight is 180 g/mol. The van der Waals surface area contributed by atoms with Gasteiger partial charge in [-0.3, -0.25) is 4.21 Å². The van der Waals surface area contributed by atoms with Crippen LogP contribution in [0.5, 0.6) is 0 Å². The first kappa shape index (κ1) is 9.20. The van der Waals surface area contributed by atoms with Crippen molar-refractivity contribution in [1.29, 1.82) is 0 Å². The fraction of sp³-hybridized carbons (Fsp3) is 0.200. The maximum Gasteiger partial charge on any atom is 0.0570 e. The Morgan fingerprint density at radius 2 is 2.00 bits per heavy atom. The first-order valence-electron chi connectivity index (χ1n) is 3.78. The largest absolute Gasteiger partial charge is 0.254 e. The molecule has 0 fully saturated rings. The van der Waals surface area contributed by atoms with Crippen LogP contribution in [0.15, 0.2) is 47.4 Å². The van der Waals surface area contributed by atoms with Gasteiger partial charge in [0.25, 0.3) is 0 Å². The number of rotatable bonds is 3. The minimum Gasteiger partial charge on any atom is -0.254 e. The van der Waals surface area contributed by atoms with E-state index in [1.165, 1.54) is 0 Å². The van der Waals surface area contributed by atoms with Crippen LogP contribution in [0.25, 0.3) is 0 Å².